The van der Waals surface area contributed by atoms with Crippen LogP contribution in [0.3, 0.4) is 0 Å². The summed E-state index contributed by atoms with van der Waals surface area (Å²) in [6, 6.07) is 16.0. The topological polar surface area (TPSA) is 71.2 Å². The van der Waals surface area contributed by atoms with Crippen LogP contribution in [0.1, 0.15) is 51.1 Å². The molecule has 1 aliphatic heterocycles. The SMILES string of the molecule is CCc1nc2c(C)cc(C)nc2n1Cc1ccc2c(c1)CCN2Cc1ccccc1C(=O)O. The van der Waals surface area contributed by atoms with Crippen molar-refractivity contribution in [1.82, 2.24) is 14.5 Å². The minimum absolute atomic E-state index is 0.375. The van der Waals surface area contributed by atoms with E-state index in [0.29, 0.717) is 12.1 Å². The van der Waals surface area contributed by atoms with E-state index < -0.39 is 5.97 Å². The largest absolute Gasteiger partial charge is 0.478 e. The number of aromatic nitrogens is 3. The van der Waals surface area contributed by atoms with Crippen molar-refractivity contribution >= 4 is 22.8 Å². The van der Waals surface area contributed by atoms with E-state index in [0.717, 1.165) is 59.7 Å². The molecule has 2 aromatic heterocycles. The van der Waals surface area contributed by atoms with Gasteiger partial charge in [-0.05, 0) is 60.7 Å². The lowest BCUT2D eigenvalue weighted by molar-refractivity contribution is 0.0695. The summed E-state index contributed by atoms with van der Waals surface area (Å²) in [4.78, 5) is 23.5. The molecule has 1 N–H and O–H groups in total. The molecular weight excluding hydrogens is 412 g/mol. The normalized spacial score (nSPS) is 13.0. The molecule has 168 valence electrons. The van der Waals surface area contributed by atoms with Crippen molar-refractivity contribution < 1.29 is 9.90 Å². The Morgan fingerprint density at radius 3 is 2.67 bits per heavy atom. The van der Waals surface area contributed by atoms with Crippen molar-refractivity contribution in [3.05, 3.63) is 87.9 Å². The molecule has 0 unspecified atom stereocenters. The zero-order valence-corrected chi connectivity index (χ0v) is 19.3. The average molecular weight is 441 g/mol. The maximum Gasteiger partial charge on any atom is 0.336 e. The molecule has 0 atom stereocenters. The van der Waals surface area contributed by atoms with E-state index in [2.05, 4.69) is 47.6 Å². The number of hydrogen-bond donors (Lipinski definition) is 1. The Balaban J connectivity index is 1.44. The third kappa shape index (κ3) is 3.86. The number of aromatic carboxylic acids is 1. The number of anilines is 1. The van der Waals surface area contributed by atoms with E-state index in [9.17, 15) is 9.90 Å². The van der Waals surface area contributed by atoms with Gasteiger partial charge >= 0.3 is 5.97 Å². The number of fused-ring (bicyclic) bond motifs is 2. The van der Waals surface area contributed by atoms with Gasteiger partial charge in [-0.2, -0.15) is 0 Å². The number of aryl methyl sites for hydroxylation is 3. The second-order valence-corrected chi connectivity index (χ2v) is 8.82. The number of carboxylic acid groups (broad SMARTS) is 1. The summed E-state index contributed by atoms with van der Waals surface area (Å²) in [5, 5.41) is 9.51. The van der Waals surface area contributed by atoms with E-state index in [1.54, 1.807) is 12.1 Å². The van der Waals surface area contributed by atoms with Crippen LogP contribution in [0.15, 0.2) is 48.5 Å². The molecule has 1 aliphatic rings. The predicted octanol–water partition coefficient (Wildman–Crippen LogP) is 4.92. The summed E-state index contributed by atoms with van der Waals surface area (Å²) in [5.41, 5.74) is 9.07. The zero-order chi connectivity index (χ0) is 23.1. The van der Waals surface area contributed by atoms with Gasteiger partial charge in [0.05, 0.1) is 12.1 Å². The van der Waals surface area contributed by atoms with Crippen molar-refractivity contribution in [2.24, 2.45) is 0 Å². The zero-order valence-electron chi connectivity index (χ0n) is 19.3. The third-order valence-corrected chi connectivity index (χ3v) is 6.50. The monoisotopic (exact) mass is 440 g/mol. The summed E-state index contributed by atoms with van der Waals surface area (Å²) >= 11 is 0. The first-order valence-corrected chi connectivity index (χ1v) is 11.5. The van der Waals surface area contributed by atoms with Crippen LogP contribution in [0.25, 0.3) is 11.2 Å². The highest BCUT2D eigenvalue weighted by atomic mass is 16.4. The molecular formula is C27H28N4O2. The summed E-state index contributed by atoms with van der Waals surface area (Å²) in [6.45, 7) is 8.49. The first kappa shape index (κ1) is 21.2. The standard InChI is InChI=1S/C27H28N4O2/c1-4-24-29-25-17(2)13-18(3)28-26(25)31(24)15-19-9-10-23-20(14-19)11-12-30(23)16-21-7-5-6-8-22(21)27(32)33/h5-10,13-14H,4,11-12,15-16H2,1-3H3,(H,32,33). The lowest BCUT2D eigenvalue weighted by atomic mass is 10.1. The molecule has 0 aliphatic carbocycles. The molecule has 3 heterocycles. The van der Waals surface area contributed by atoms with Gasteiger partial charge in [0.2, 0.25) is 0 Å². The van der Waals surface area contributed by atoms with Gasteiger partial charge in [-0.25, -0.2) is 14.8 Å². The molecule has 33 heavy (non-hydrogen) atoms. The minimum Gasteiger partial charge on any atom is -0.478 e. The number of imidazole rings is 1. The molecule has 0 spiro atoms. The molecule has 6 nitrogen and oxygen atoms in total. The lowest BCUT2D eigenvalue weighted by Crippen LogP contribution is -2.21. The van der Waals surface area contributed by atoms with Gasteiger partial charge in [0.25, 0.3) is 0 Å². The molecule has 0 amide bonds. The van der Waals surface area contributed by atoms with Crippen molar-refractivity contribution in [2.75, 3.05) is 11.4 Å². The van der Waals surface area contributed by atoms with Crippen LogP contribution in [0.5, 0.6) is 0 Å². The highest BCUT2D eigenvalue weighted by Crippen LogP contribution is 2.31. The molecule has 0 saturated carbocycles. The molecule has 4 aromatic rings. The van der Waals surface area contributed by atoms with Crippen LogP contribution in [-0.2, 0) is 25.9 Å². The summed E-state index contributed by atoms with van der Waals surface area (Å²) in [6.07, 6.45) is 1.82. The van der Waals surface area contributed by atoms with Crippen LogP contribution < -0.4 is 4.90 Å². The number of carboxylic acids is 1. The van der Waals surface area contributed by atoms with Crippen LogP contribution in [0.4, 0.5) is 5.69 Å². The number of pyridine rings is 1. The third-order valence-electron chi connectivity index (χ3n) is 6.50. The number of benzene rings is 2. The maximum absolute atomic E-state index is 11.6. The lowest BCUT2D eigenvalue weighted by Gasteiger charge is -2.21. The van der Waals surface area contributed by atoms with Crippen molar-refractivity contribution in [3.8, 4) is 0 Å². The smallest absolute Gasteiger partial charge is 0.336 e. The highest BCUT2D eigenvalue weighted by Gasteiger charge is 2.22. The molecule has 5 rings (SSSR count). The Labute approximate surface area is 193 Å². The van der Waals surface area contributed by atoms with E-state index in [-0.39, 0.29) is 0 Å². The summed E-state index contributed by atoms with van der Waals surface area (Å²) in [5.74, 6) is 0.178. The first-order chi connectivity index (χ1) is 15.9. The Morgan fingerprint density at radius 1 is 1.06 bits per heavy atom. The Kier molecular flexibility index (Phi) is 5.36. The fourth-order valence-corrected chi connectivity index (χ4v) is 4.93. The molecule has 2 aromatic carbocycles. The van der Waals surface area contributed by atoms with Gasteiger partial charge in [-0.3, -0.25) is 0 Å². The Bertz CT molecular complexity index is 1370. The minimum atomic E-state index is -0.876. The Morgan fingerprint density at radius 2 is 1.88 bits per heavy atom. The van der Waals surface area contributed by atoms with Gasteiger partial charge in [-0.15, -0.1) is 0 Å². The molecule has 0 fully saturated rings. The highest BCUT2D eigenvalue weighted by molar-refractivity contribution is 5.89. The molecule has 0 saturated heterocycles. The fourth-order valence-electron chi connectivity index (χ4n) is 4.93. The second kappa shape index (κ2) is 8.35. The van der Waals surface area contributed by atoms with E-state index >= 15 is 0 Å². The number of hydrogen-bond acceptors (Lipinski definition) is 4. The van der Waals surface area contributed by atoms with Crippen LogP contribution in [0.2, 0.25) is 0 Å². The summed E-state index contributed by atoms with van der Waals surface area (Å²) in [7, 11) is 0. The maximum atomic E-state index is 11.6. The molecule has 0 bridgehead atoms. The van der Waals surface area contributed by atoms with Crippen LogP contribution >= 0.6 is 0 Å². The number of carbonyl (C=O) groups is 1. The summed E-state index contributed by atoms with van der Waals surface area (Å²) < 4.78 is 2.24. The van der Waals surface area contributed by atoms with Crippen molar-refractivity contribution in [2.45, 2.75) is 46.7 Å². The number of rotatable bonds is 6. The van der Waals surface area contributed by atoms with E-state index in [4.69, 9.17) is 9.97 Å². The van der Waals surface area contributed by atoms with E-state index in [1.165, 1.54) is 16.8 Å². The van der Waals surface area contributed by atoms with Crippen LogP contribution in [0, 0.1) is 13.8 Å². The van der Waals surface area contributed by atoms with Gasteiger partial charge in [0.1, 0.15) is 11.3 Å². The predicted molar refractivity (Wildman–Crippen MR) is 130 cm³/mol. The van der Waals surface area contributed by atoms with Crippen LogP contribution in [-0.4, -0.2) is 32.2 Å². The van der Waals surface area contributed by atoms with Gasteiger partial charge < -0.3 is 14.6 Å². The van der Waals surface area contributed by atoms with Gasteiger partial charge in [0, 0.05) is 30.9 Å². The average Bonchev–Trinajstić information content (AvgIpc) is 3.35. The first-order valence-electron chi connectivity index (χ1n) is 11.5. The molecule has 6 heteroatoms. The van der Waals surface area contributed by atoms with Crippen molar-refractivity contribution in [3.63, 3.8) is 0 Å². The number of nitrogens with zero attached hydrogens (tertiary/aromatic N) is 4. The van der Waals surface area contributed by atoms with E-state index in [1.807, 2.05) is 19.1 Å². The second-order valence-electron chi connectivity index (χ2n) is 8.82. The van der Waals surface area contributed by atoms with Crippen molar-refractivity contribution in [1.29, 1.82) is 0 Å². The molecule has 0 radical (unpaired) electrons. The quantitative estimate of drug-likeness (QED) is 0.461. The fraction of sp³-hybridized carbons (Fsp3) is 0.296. The van der Waals surface area contributed by atoms with Gasteiger partial charge in [-0.1, -0.05) is 37.3 Å². The van der Waals surface area contributed by atoms with Gasteiger partial charge in [0.15, 0.2) is 5.65 Å². The Hall–Kier alpha value is -3.67.